The number of carbonyl (C=O) groups excluding carboxylic acids is 1. The van der Waals surface area contributed by atoms with Crippen molar-refractivity contribution in [3.63, 3.8) is 0 Å². The molecule has 0 aliphatic rings. The highest BCUT2D eigenvalue weighted by atomic mass is 31.0. The van der Waals surface area contributed by atoms with Gasteiger partial charge in [-0.3, -0.25) is 9.59 Å². The molecular weight excluding hydrogens is 321 g/mol. The number of aryl methyl sites for hydroxylation is 2. The van der Waals surface area contributed by atoms with Gasteiger partial charge in [0.2, 0.25) is 5.91 Å². The van der Waals surface area contributed by atoms with Crippen LogP contribution in [-0.4, -0.2) is 17.0 Å². The number of rotatable bonds is 7. The van der Waals surface area contributed by atoms with Gasteiger partial charge in [-0.05, 0) is 30.3 Å². The van der Waals surface area contributed by atoms with Crippen LogP contribution in [0.15, 0.2) is 29.6 Å². The quantitative estimate of drug-likeness (QED) is 0.749. The Kier molecular flexibility index (Phi) is 5.79. The predicted octanol–water partition coefficient (Wildman–Crippen LogP) is 1.66. The summed E-state index contributed by atoms with van der Waals surface area (Å²) in [5.74, 6) is -0.496. The Morgan fingerprint density at radius 3 is 2.75 bits per heavy atom. The number of pyridine rings is 1. The molecule has 24 heavy (non-hydrogen) atoms. The molecule has 0 aliphatic carbocycles. The number of aromatic nitrogens is 1. The number of nitrogens with one attached hydrogen (secondary N) is 1. The van der Waals surface area contributed by atoms with Gasteiger partial charge in [0.25, 0.3) is 5.56 Å². The number of nitrogens with two attached hydrogens (primary N) is 1. The van der Waals surface area contributed by atoms with Crippen LogP contribution >= 0.6 is 9.24 Å². The van der Waals surface area contributed by atoms with Gasteiger partial charge < -0.3 is 15.6 Å². The molecule has 3 N–H and O–H groups in total. The fourth-order valence-electron chi connectivity index (χ4n) is 2.70. The molecule has 1 atom stereocenters. The lowest BCUT2D eigenvalue weighted by Gasteiger charge is -2.18. The molecule has 1 aromatic carbocycles. The molecule has 0 aliphatic heterocycles. The van der Waals surface area contributed by atoms with Gasteiger partial charge in [0.05, 0.1) is 17.6 Å². The van der Waals surface area contributed by atoms with Crippen molar-refractivity contribution in [3.8, 4) is 0 Å². The Bertz CT molecular complexity index is 855. The third kappa shape index (κ3) is 3.68. The lowest BCUT2D eigenvalue weighted by atomic mass is 10.1. The van der Waals surface area contributed by atoms with E-state index in [2.05, 4.69) is 28.1 Å². The first kappa shape index (κ1) is 18.2. The largest absolute Gasteiger partial charge is 0.376 e. The van der Waals surface area contributed by atoms with Crippen LogP contribution in [-0.2, 0) is 11.3 Å². The number of nitrogens with zero attached hydrogens (tertiary/aromatic N) is 1. The Morgan fingerprint density at radius 2 is 2.12 bits per heavy atom. The standard InChI is InChI=1S/C18H24N3O2P/c1-4-5-8-21-14-9-11(2)6-7-13(14)17(24)16(18(21)23)12(3)20-10-15(19)22/h6-7,9,20H,3-5,8,10,24H2,1-2H3,(H2,19,22). The number of hydrogen-bond donors (Lipinski definition) is 2. The third-order valence-electron chi connectivity index (χ3n) is 3.98. The molecule has 1 unspecified atom stereocenters. The summed E-state index contributed by atoms with van der Waals surface area (Å²) in [6.45, 7) is 8.62. The van der Waals surface area contributed by atoms with E-state index in [1.807, 2.05) is 25.1 Å². The molecule has 0 radical (unpaired) electrons. The zero-order valence-corrected chi connectivity index (χ0v) is 15.3. The second kappa shape index (κ2) is 7.63. The molecule has 0 bridgehead atoms. The van der Waals surface area contributed by atoms with E-state index < -0.39 is 5.91 Å². The number of unbranched alkanes of at least 4 members (excludes halogenated alkanes) is 1. The van der Waals surface area contributed by atoms with Crippen molar-refractivity contribution in [2.75, 3.05) is 6.54 Å². The summed E-state index contributed by atoms with van der Waals surface area (Å²) in [5, 5.41) is 4.61. The first-order chi connectivity index (χ1) is 11.4. The molecule has 1 aromatic heterocycles. The maximum Gasteiger partial charge on any atom is 0.261 e. The topological polar surface area (TPSA) is 77.1 Å². The molecule has 0 fully saturated rings. The van der Waals surface area contributed by atoms with Crippen molar-refractivity contribution in [1.29, 1.82) is 0 Å². The van der Waals surface area contributed by atoms with Crippen molar-refractivity contribution in [2.45, 2.75) is 33.2 Å². The van der Waals surface area contributed by atoms with Crippen molar-refractivity contribution >= 4 is 37.1 Å². The van der Waals surface area contributed by atoms with Crippen molar-refractivity contribution in [1.82, 2.24) is 9.88 Å². The van der Waals surface area contributed by atoms with Gasteiger partial charge in [-0.1, -0.05) is 32.1 Å². The maximum atomic E-state index is 13.0. The van der Waals surface area contributed by atoms with E-state index in [9.17, 15) is 9.59 Å². The summed E-state index contributed by atoms with van der Waals surface area (Å²) in [7, 11) is 2.63. The van der Waals surface area contributed by atoms with Crippen molar-refractivity contribution in [3.05, 3.63) is 46.3 Å². The van der Waals surface area contributed by atoms with Crippen LogP contribution in [0.4, 0.5) is 0 Å². The number of primary amides is 1. The molecule has 6 heteroatoms. The van der Waals surface area contributed by atoms with Crippen LogP contribution in [0.1, 0.15) is 30.9 Å². The van der Waals surface area contributed by atoms with Crippen LogP contribution in [0.25, 0.3) is 16.6 Å². The molecule has 0 saturated heterocycles. The maximum absolute atomic E-state index is 13.0. The summed E-state index contributed by atoms with van der Waals surface area (Å²) < 4.78 is 1.80. The number of fused-ring (bicyclic) bond motifs is 1. The molecule has 2 rings (SSSR count). The second-order valence-corrected chi connectivity index (χ2v) is 6.50. The number of hydrogen-bond acceptors (Lipinski definition) is 3. The molecule has 128 valence electrons. The van der Waals surface area contributed by atoms with Gasteiger partial charge in [0.1, 0.15) is 0 Å². The molecule has 2 aromatic rings. The average molecular weight is 345 g/mol. The molecule has 1 amide bonds. The second-order valence-electron chi connectivity index (χ2n) is 5.92. The van der Waals surface area contributed by atoms with Gasteiger partial charge in [0, 0.05) is 17.6 Å². The number of amides is 1. The number of benzene rings is 1. The summed E-state index contributed by atoms with van der Waals surface area (Å²) in [6, 6.07) is 6.07. The van der Waals surface area contributed by atoms with E-state index in [1.54, 1.807) is 4.57 Å². The fourth-order valence-corrected chi connectivity index (χ4v) is 3.24. The van der Waals surface area contributed by atoms with Gasteiger partial charge in [-0.2, -0.15) is 0 Å². The zero-order valence-electron chi connectivity index (χ0n) is 14.2. The van der Waals surface area contributed by atoms with Crippen LogP contribution in [0.3, 0.4) is 0 Å². The van der Waals surface area contributed by atoms with E-state index >= 15 is 0 Å². The Hall–Kier alpha value is -2.13. The lowest BCUT2D eigenvalue weighted by molar-refractivity contribution is -0.117. The van der Waals surface area contributed by atoms with Gasteiger partial charge in [-0.25, -0.2) is 0 Å². The minimum atomic E-state index is -0.496. The van der Waals surface area contributed by atoms with E-state index in [4.69, 9.17) is 5.73 Å². The molecule has 5 nitrogen and oxygen atoms in total. The SMILES string of the molecule is C=C(NCC(N)=O)c1c(P)c2ccc(C)cc2n(CCCC)c1=O. The van der Waals surface area contributed by atoms with Crippen molar-refractivity contribution < 1.29 is 4.79 Å². The Morgan fingerprint density at radius 1 is 1.42 bits per heavy atom. The summed E-state index contributed by atoms with van der Waals surface area (Å²) in [6.07, 6.45) is 1.92. The van der Waals surface area contributed by atoms with E-state index in [-0.39, 0.29) is 12.1 Å². The average Bonchev–Trinajstić information content (AvgIpc) is 2.52. The van der Waals surface area contributed by atoms with Crippen molar-refractivity contribution in [2.24, 2.45) is 5.73 Å². The minimum Gasteiger partial charge on any atom is -0.376 e. The van der Waals surface area contributed by atoms with Gasteiger partial charge in [0.15, 0.2) is 0 Å². The minimum absolute atomic E-state index is 0.0523. The smallest absolute Gasteiger partial charge is 0.261 e. The van der Waals surface area contributed by atoms with Crippen LogP contribution in [0, 0.1) is 6.92 Å². The zero-order chi connectivity index (χ0) is 17.9. The molecule has 0 saturated carbocycles. The summed E-state index contributed by atoms with van der Waals surface area (Å²) in [5.41, 5.74) is 7.98. The highest BCUT2D eigenvalue weighted by Crippen LogP contribution is 2.19. The monoisotopic (exact) mass is 345 g/mol. The fraction of sp³-hybridized carbons (Fsp3) is 0.333. The molecule has 1 heterocycles. The Labute approximate surface area is 144 Å². The summed E-state index contributed by atoms with van der Waals surface area (Å²) in [4.78, 5) is 24.0. The molecule has 0 spiro atoms. The van der Waals surface area contributed by atoms with Gasteiger partial charge >= 0.3 is 0 Å². The summed E-state index contributed by atoms with van der Waals surface area (Å²) >= 11 is 0. The normalized spacial score (nSPS) is 10.8. The van der Waals surface area contributed by atoms with Gasteiger partial charge in [-0.15, -0.1) is 9.24 Å². The van der Waals surface area contributed by atoms with Crippen LogP contribution in [0.5, 0.6) is 0 Å². The van der Waals surface area contributed by atoms with E-state index in [0.717, 1.165) is 34.6 Å². The predicted molar refractivity (Wildman–Crippen MR) is 103 cm³/mol. The highest BCUT2D eigenvalue weighted by molar-refractivity contribution is 7.28. The lowest BCUT2D eigenvalue weighted by Crippen LogP contribution is -2.34. The van der Waals surface area contributed by atoms with Crippen LogP contribution in [0.2, 0.25) is 0 Å². The highest BCUT2D eigenvalue weighted by Gasteiger charge is 2.16. The first-order valence-corrected chi connectivity index (χ1v) is 8.58. The van der Waals surface area contributed by atoms with E-state index in [0.29, 0.717) is 17.8 Å². The molecular formula is C18H24N3O2P. The first-order valence-electron chi connectivity index (χ1n) is 8.00. The number of carbonyl (C=O) groups is 1. The third-order valence-corrected chi connectivity index (χ3v) is 4.58. The Balaban J connectivity index is 2.67. The van der Waals surface area contributed by atoms with E-state index in [1.165, 1.54) is 0 Å². The van der Waals surface area contributed by atoms with Crippen LogP contribution < -0.4 is 21.9 Å².